The van der Waals surface area contributed by atoms with E-state index in [1.807, 2.05) is 12.1 Å². The van der Waals surface area contributed by atoms with E-state index in [1.54, 1.807) is 58.3 Å². The van der Waals surface area contributed by atoms with E-state index < -0.39 is 6.17 Å². The highest BCUT2D eigenvalue weighted by atomic mass is 16.3. The van der Waals surface area contributed by atoms with Crippen molar-refractivity contribution in [3.8, 4) is 5.75 Å². The lowest BCUT2D eigenvalue weighted by atomic mass is 10.0. The number of amides is 3. The number of para-hydroxylation sites is 1. The molecule has 31 heavy (non-hydrogen) atoms. The molecule has 0 saturated carbocycles. The summed E-state index contributed by atoms with van der Waals surface area (Å²) >= 11 is 0. The van der Waals surface area contributed by atoms with E-state index in [1.165, 1.54) is 12.1 Å². The van der Waals surface area contributed by atoms with Crippen LogP contribution in [0, 0.1) is 0 Å². The smallest absolute Gasteiger partial charge is 0.260 e. The van der Waals surface area contributed by atoms with Crippen LogP contribution < -0.4 is 10.2 Å². The molecule has 154 valence electrons. The Morgan fingerprint density at radius 2 is 1.55 bits per heavy atom. The molecule has 2 N–H and O–H groups in total. The summed E-state index contributed by atoms with van der Waals surface area (Å²) in [6, 6.07) is 20.5. The largest absolute Gasteiger partial charge is 0.508 e. The molecule has 3 amide bonds. The number of hydrogen-bond acceptors (Lipinski definition) is 4. The quantitative estimate of drug-likeness (QED) is 0.641. The number of hydrogen-bond donors (Lipinski definition) is 2. The first-order chi connectivity index (χ1) is 15.0. The molecule has 0 bridgehead atoms. The topological polar surface area (TPSA) is 90.0 Å². The van der Waals surface area contributed by atoms with E-state index in [4.69, 9.17) is 0 Å². The van der Waals surface area contributed by atoms with Gasteiger partial charge in [-0.25, -0.2) is 0 Å². The van der Waals surface area contributed by atoms with Gasteiger partial charge in [0, 0.05) is 29.8 Å². The molecule has 5 rings (SSSR count). The molecule has 7 heteroatoms. The summed E-state index contributed by atoms with van der Waals surface area (Å²) in [5.41, 5.74) is 2.91. The molecule has 0 saturated heterocycles. The summed E-state index contributed by atoms with van der Waals surface area (Å²) in [6.45, 7) is 0.153. The number of nitrogens with zero attached hydrogens (tertiary/aromatic N) is 2. The minimum Gasteiger partial charge on any atom is -0.508 e. The van der Waals surface area contributed by atoms with Crippen LogP contribution in [0.2, 0.25) is 0 Å². The summed E-state index contributed by atoms with van der Waals surface area (Å²) < 4.78 is 0. The van der Waals surface area contributed by atoms with Crippen LogP contribution in [0.1, 0.15) is 38.9 Å². The maximum Gasteiger partial charge on any atom is 0.260 e. The van der Waals surface area contributed by atoms with Gasteiger partial charge in [-0.3, -0.25) is 19.3 Å². The molecule has 0 aromatic heterocycles. The first kappa shape index (κ1) is 18.9. The Morgan fingerprint density at radius 1 is 0.871 bits per heavy atom. The van der Waals surface area contributed by atoms with Crippen molar-refractivity contribution < 1.29 is 19.5 Å². The third-order valence-electron chi connectivity index (χ3n) is 5.61. The zero-order valence-corrected chi connectivity index (χ0v) is 16.5. The number of benzene rings is 3. The molecule has 0 fully saturated rings. The van der Waals surface area contributed by atoms with Gasteiger partial charge in [-0.15, -0.1) is 0 Å². The zero-order valence-electron chi connectivity index (χ0n) is 16.5. The third kappa shape index (κ3) is 3.11. The molecule has 3 aromatic rings. The SMILES string of the molecule is O=C(CCN1C(=O)c2ccccc2N2C(=O)c3ccccc3[C@H]12)Nc1ccc(O)cc1. The summed E-state index contributed by atoms with van der Waals surface area (Å²) in [6.07, 6.45) is -0.511. The lowest BCUT2D eigenvalue weighted by Gasteiger charge is -2.40. The molecule has 3 aromatic carbocycles. The van der Waals surface area contributed by atoms with Crippen molar-refractivity contribution in [3.63, 3.8) is 0 Å². The highest BCUT2D eigenvalue weighted by Crippen LogP contribution is 2.45. The van der Waals surface area contributed by atoms with Crippen molar-refractivity contribution in [3.05, 3.63) is 89.5 Å². The Labute approximate surface area is 178 Å². The molecule has 0 spiro atoms. The van der Waals surface area contributed by atoms with Gasteiger partial charge in [-0.1, -0.05) is 30.3 Å². The number of fused-ring (bicyclic) bond motifs is 5. The van der Waals surface area contributed by atoms with Gasteiger partial charge in [0.15, 0.2) is 0 Å². The van der Waals surface area contributed by atoms with E-state index in [0.717, 1.165) is 5.56 Å². The number of aromatic hydroxyl groups is 1. The molecular formula is C24H19N3O4. The minimum absolute atomic E-state index is 0.0650. The second-order valence-electron chi connectivity index (χ2n) is 7.50. The van der Waals surface area contributed by atoms with Crippen LogP contribution >= 0.6 is 0 Å². The maximum absolute atomic E-state index is 13.3. The summed E-state index contributed by atoms with van der Waals surface area (Å²) in [7, 11) is 0. The van der Waals surface area contributed by atoms with Crippen molar-refractivity contribution in [2.75, 3.05) is 16.8 Å². The lowest BCUT2D eigenvalue weighted by Crippen LogP contribution is -2.48. The number of phenolic OH excluding ortho intramolecular Hbond substituents is 1. The van der Waals surface area contributed by atoms with E-state index in [9.17, 15) is 19.5 Å². The first-order valence-corrected chi connectivity index (χ1v) is 9.96. The van der Waals surface area contributed by atoms with Gasteiger partial charge in [-0.2, -0.15) is 0 Å². The Hall–Kier alpha value is -4.13. The van der Waals surface area contributed by atoms with Crippen molar-refractivity contribution in [1.29, 1.82) is 0 Å². The Morgan fingerprint density at radius 3 is 2.32 bits per heavy atom. The van der Waals surface area contributed by atoms with Gasteiger partial charge in [0.05, 0.1) is 11.3 Å². The molecule has 0 aliphatic carbocycles. The monoisotopic (exact) mass is 413 g/mol. The number of phenols is 1. The standard InChI is InChI=1S/C24H19N3O4/c28-16-11-9-15(10-12-16)25-21(29)13-14-26-22-17-5-1-2-6-18(17)24(31)27(22)20-8-4-3-7-19(20)23(26)30/h1-12,22,28H,13-14H2,(H,25,29)/t22-/m1/s1. The predicted molar refractivity (Wildman–Crippen MR) is 115 cm³/mol. The van der Waals surface area contributed by atoms with Crippen molar-refractivity contribution in [1.82, 2.24) is 4.90 Å². The van der Waals surface area contributed by atoms with E-state index in [-0.39, 0.29) is 36.4 Å². The van der Waals surface area contributed by atoms with Crippen LogP contribution in [-0.2, 0) is 4.79 Å². The Kier molecular flexibility index (Phi) is 4.43. The maximum atomic E-state index is 13.3. The molecule has 7 nitrogen and oxygen atoms in total. The van der Waals surface area contributed by atoms with Gasteiger partial charge < -0.3 is 15.3 Å². The third-order valence-corrected chi connectivity index (χ3v) is 5.61. The first-order valence-electron chi connectivity index (χ1n) is 9.96. The van der Waals surface area contributed by atoms with Gasteiger partial charge >= 0.3 is 0 Å². The predicted octanol–water partition coefficient (Wildman–Crippen LogP) is 3.54. The van der Waals surface area contributed by atoms with E-state index in [2.05, 4.69) is 5.32 Å². The van der Waals surface area contributed by atoms with Crippen molar-refractivity contribution in [2.45, 2.75) is 12.6 Å². The van der Waals surface area contributed by atoms with E-state index in [0.29, 0.717) is 22.5 Å². The molecule has 1 atom stereocenters. The fourth-order valence-electron chi connectivity index (χ4n) is 4.19. The van der Waals surface area contributed by atoms with Crippen molar-refractivity contribution in [2.24, 2.45) is 0 Å². The molecule has 2 aliphatic heterocycles. The van der Waals surface area contributed by atoms with Gasteiger partial charge in [0.1, 0.15) is 11.9 Å². The highest BCUT2D eigenvalue weighted by Gasteiger charge is 2.47. The fraction of sp³-hybridized carbons (Fsp3) is 0.125. The van der Waals surface area contributed by atoms with Crippen LogP contribution in [0.4, 0.5) is 11.4 Å². The average molecular weight is 413 g/mol. The number of rotatable bonds is 4. The van der Waals surface area contributed by atoms with Crippen molar-refractivity contribution >= 4 is 29.1 Å². The molecule has 2 heterocycles. The summed E-state index contributed by atoms with van der Waals surface area (Å²) in [5.74, 6) is -0.514. The highest BCUT2D eigenvalue weighted by molar-refractivity contribution is 6.16. The van der Waals surface area contributed by atoms with Crippen LogP contribution in [-0.4, -0.2) is 34.3 Å². The normalized spacial score (nSPS) is 16.6. The zero-order chi connectivity index (χ0) is 21.5. The van der Waals surface area contributed by atoms with Crippen LogP contribution in [0.3, 0.4) is 0 Å². The minimum atomic E-state index is -0.576. The van der Waals surface area contributed by atoms with Gasteiger partial charge in [-0.05, 0) is 42.5 Å². The van der Waals surface area contributed by atoms with E-state index >= 15 is 0 Å². The fourth-order valence-corrected chi connectivity index (χ4v) is 4.19. The molecule has 0 radical (unpaired) electrons. The second-order valence-corrected chi connectivity index (χ2v) is 7.50. The van der Waals surface area contributed by atoms with Crippen LogP contribution in [0.5, 0.6) is 5.75 Å². The Balaban J connectivity index is 1.44. The summed E-state index contributed by atoms with van der Waals surface area (Å²) in [4.78, 5) is 42.2. The number of carbonyl (C=O) groups excluding carboxylic acids is 3. The van der Waals surface area contributed by atoms with Gasteiger partial charge in [0.2, 0.25) is 5.91 Å². The molecule has 2 aliphatic rings. The number of nitrogens with one attached hydrogen (secondary N) is 1. The van der Waals surface area contributed by atoms with Crippen LogP contribution in [0.15, 0.2) is 72.8 Å². The Bertz CT molecular complexity index is 1210. The summed E-state index contributed by atoms with van der Waals surface area (Å²) in [5, 5.41) is 12.1. The molecular weight excluding hydrogens is 394 g/mol. The average Bonchev–Trinajstić information content (AvgIpc) is 3.08. The lowest BCUT2D eigenvalue weighted by molar-refractivity contribution is -0.116. The number of anilines is 2. The number of carbonyl (C=O) groups is 3. The van der Waals surface area contributed by atoms with Gasteiger partial charge in [0.25, 0.3) is 11.8 Å². The van der Waals surface area contributed by atoms with Crippen LogP contribution in [0.25, 0.3) is 0 Å². The second kappa shape index (κ2) is 7.28. The molecule has 0 unspecified atom stereocenters.